The van der Waals surface area contributed by atoms with Crippen LogP contribution >= 0.6 is 11.8 Å². The molecule has 0 radical (unpaired) electrons. The molecule has 0 saturated heterocycles. The van der Waals surface area contributed by atoms with E-state index in [2.05, 4.69) is 5.32 Å². The Morgan fingerprint density at radius 3 is 2.33 bits per heavy atom. The molecule has 2 N–H and O–H groups in total. The van der Waals surface area contributed by atoms with E-state index in [1.54, 1.807) is 11.8 Å². The molecule has 4 nitrogen and oxygen atoms in total. The Balaban J connectivity index is 2.58. The van der Waals surface area contributed by atoms with Gasteiger partial charge in [-0.2, -0.15) is 11.8 Å². The van der Waals surface area contributed by atoms with Crippen LogP contribution in [0.15, 0.2) is 24.3 Å². The fourth-order valence-corrected chi connectivity index (χ4v) is 2.03. The molecule has 0 aromatic heterocycles. The van der Waals surface area contributed by atoms with Gasteiger partial charge in [0.2, 0.25) is 0 Å². The summed E-state index contributed by atoms with van der Waals surface area (Å²) in [6, 6.07) is 6.04. The van der Waals surface area contributed by atoms with Gasteiger partial charge in [0, 0.05) is 11.6 Å². The van der Waals surface area contributed by atoms with Crippen LogP contribution in [0, 0.1) is 0 Å². The van der Waals surface area contributed by atoms with Crippen molar-refractivity contribution in [2.24, 2.45) is 0 Å². The average molecular weight is 267 g/mol. The highest BCUT2D eigenvalue weighted by Crippen LogP contribution is 2.06. The van der Waals surface area contributed by atoms with E-state index in [4.69, 9.17) is 5.11 Å². The van der Waals surface area contributed by atoms with Crippen LogP contribution in [0.1, 0.15) is 34.1 Å². The number of amides is 1. The summed E-state index contributed by atoms with van der Waals surface area (Å²) in [4.78, 5) is 22.5. The SMILES string of the molecule is CSCCC(C)NC(=O)c1ccc(C(=O)O)cc1. The van der Waals surface area contributed by atoms with E-state index in [1.807, 2.05) is 13.2 Å². The van der Waals surface area contributed by atoms with Gasteiger partial charge in [-0.15, -0.1) is 0 Å². The van der Waals surface area contributed by atoms with Crippen molar-refractivity contribution in [3.8, 4) is 0 Å². The van der Waals surface area contributed by atoms with Gasteiger partial charge in [-0.25, -0.2) is 4.79 Å². The molecule has 0 bridgehead atoms. The van der Waals surface area contributed by atoms with Gasteiger partial charge in [-0.3, -0.25) is 4.79 Å². The normalized spacial score (nSPS) is 11.9. The third-order valence-electron chi connectivity index (χ3n) is 2.53. The predicted octanol–water partition coefficient (Wildman–Crippen LogP) is 2.26. The van der Waals surface area contributed by atoms with Gasteiger partial charge in [0.15, 0.2) is 0 Å². The van der Waals surface area contributed by atoms with Gasteiger partial charge in [0.1, 0.15) is 0 Å². The van der Waals surface area contributed by atoms with E-state index in [9.17, 15) is 9.59 Å². The third-order valence-corrected chi connectivity index (χ3v) is 3.17. The molecule has 0 aliphatic rings. The molecule has 0 saturated carbocycles. The fraction of sp³-hybridized carbons (Fsp3) is 0.385. The van der Waals surface area contributed by atoms with Gasteiger partial charge < -0.3 is 10.4 Å². The molecule has 98 valence electrons. The summed E-state index contributed by atoms with van der Waals surface area (Å²) < 4.78 is 0. The summed E-state index contributed by atoms with van der Waals surface area (Å²) >= 11 is 1.74. The van der Waals surface area contributed by atoms with Crippen LogP contribution in [0.25, 0.3) is 0 Å². The second kappa shape index (κ2) is 7.06. The molecule has 5 heteroatoms. The molecular weight excluding hydrogens is 250 g/mol. The van der Waals surface area contributed by atoms with Crippen LogP contribution in [0.5, 0.6) is 0 Å². The monoisotopic (exact) mass is 267 g/mol. The molecule has 0 fully saturated rings. The minimum absolute atomic E-state index is 0.115. The zero-order valence-electron chi connectivity index (χ0n) is 10.5. The summed E-state index contributed by atoms with van der Waals surface area (Å²) in [6.07, 6.45) is 2.94. The van der Waals surface area contributed by atoms with Crippen LogP contribution in [0.3, 0.4) is 0 Å². The maximum Gasteiger partial charge on any atom is 0.335 e. The lowest BCUT2D eigenvalue weighted by Gasteiger charge is -2.13. The maximum absolute atomic E-state index is 11.8. The highest BCUT2D eigenvalue weighted by Gasteiger charge is 2.10. The van der Waals surface area contributed by atoms with Crippen LogP contribution in [-0.4, -0.2) is 35.0 Å². The quantitative estimate of drug-likeness (QED) is 0.829. The molecule has 0 spiro atoms. The molecule has 1 unspecified atom stereocenters. The Morgan fingerprint density at radius 2 is 1.83 bits per heavy atom. The van der Waals surface area contributed by atoms with Crippen LogP contribution < -0.4 is 5.32 Å². The Bertz CT molecular complexity index is 417. The van der Waals surface area contributed by atoms with E-state index in [1.165, 1.54) is 24.3 Å². The number of aromatic carboxylic acids is 1. The highest BCUT2D eigenvalue weighted by atomic mass is 32.2. The van der Waals surface area contributed by atoms with E-state index < -0.39 is 5.97 Å². The second-order valence-electron chi connectivity index (χ2n) is 4.04. The second-order valence-corrected chi connectivity index (χ2v) is 5.02. The van der Waals surface area contributed by atoms with E-state index in [-0.39, 0.29) is 17.5 Å². The first kappa shape index (κ1) is 14.6. The lowest BCUT2D eigenvalue weighted by atomic mass is 10.1. The number of carbonyl (C=O) groups excluding carboxylic acids is 1. The topological polar surface area (TPSA) is 66.4 Å². The first-order chi connectivity index (χ1) is 8.54. The van der Waals surface area contributed by atoms with Gasteiger partial charge >= 0.3 is 5.97 Å². The minimum Gasteiger partial charge on any atom is -0.478 e. The van der Waals surface area contributed by atoms with E-state index in [0.29, 0.717) is 5.56 Å². The number of carboxylic acid groups (broad SMARTS) is 1. The van der Waals surface area contributed by atoms with Crippen molar-refractivity contribution in [1.29, 1.82) is 0 Å². The molecule has 18 heavy (non-hydrogen) atoms. The number of thioether (sulfide) groups is 1. The first-order valence-corrected chi connectivity index (χ1v) is 7.07. The Kier molecular flexibility index (Phi) is 5.71. The van der Waals surface area contributed by atoms with E-state index in [0.717, 1.165) is 12.2 Å². The Labute approximate surface area is 111 Å². The van der Waals surface area contributed by atoms with Crippen molar-refractivity contribution in [3.05, 3.63) is 35.4 Å². The molecule has 0 aliphatic heterocycles. The van der Waals surface area contributed by atoms with Crippen molar-refractivity contribution in [2.75, 3.05) is 12.0 Å². The van der Waals surface area contributed by atoms with Crippen molar-refractivity contribution in [1.82, 2.24) is 5.32 Å². The zero-order valence-corrected chi connectivity index (χ0v) is 11.3. The summed E-state index contributed by atoms with van der Waals surface area (Å²) in [6.45, 7) is 1.96. The molecular formula is C13H17NO3S. The summed E-state index contributed by atoms with van der Waals surface area (Å²) in [7, 11) is 0. The number of benzene rings is 1. The van der Waals surface area contributed by atoms with Crippen molar-refractivity contribution >= 4 is 23.6 Å². The smallest absolute Gasteiger partial charge is 0.335 e. The van der Waals surface area contributed by atoms with Gasteiger partial charge in [0.05, 0.1) is 5.56 Å². The maximum atomic E-state index is 11.8. The number of carboxylic acids is 1. The molecule has 0 aliphatic carbocycles. The lowest BCUT2D eigenvalue weighted by Crippen LogP contribution is -2.32. The van der Waals surface area contributed by atoms with Gasteiger partial charge in [-0.1, -0.05) is 0 Å². The van der Waals surface area contributed by atoms with Gasteiger partial charge in [0.25, 0.3) is 5.91 Å². The minimum atomic E-state index is -0.990. The van der Waals surface area contributed by atoms with Crippen molar-refractivity contribution in [2.45, 2.75) is 19.4 Å². The van der Waals surface area contributed by atoms with Crippen LogP contribution in [0.4, 0.5) is 0 Å². The third kappa shape index (κ3) is 4.41. The number of nitrogens with one attached hydrogen (secondary N) is 1. The molecule has 1 aromatic carbocycles. The standard InChI is InChI=1S/C13H17NO3S/c1-9(7-8-18-2)14-12(15)10-3-5-11(6-4-10)13(16)17/h3-6,9H,7-8H2,1-2H3,(H,14,15)(H,16,17). The first-order valence-electron chi connectivity index (χ1n) is 5.67. The van der Waals surface area contributed by atoms with Gasteiger partial charge in [-0.05, 0) is 49.6 Å². The molecule has 1 amide bonds. The highest BCUT2D eigenvalue weighted by molar-refractivity contribution is 7.98. The van der Waals surface area contributed by atoms with Crippen LogP contribution in [0.2, 0.25) is 0 Å². The average Bonchev–Trinajstić information content (AvgIpc) is 2.36. The Morgan fingerprint density at radius 1 is 1.28 bits per heavy atom. The van der Waals surface area contributed by atoms with E-state index >= 15 is 0 Å². The number of rotatable bonds is 6. The fourth-order valence-electron chi connectivity index (χ4n) is 1.44. The number of carbonyl (C=O) groups is 2. The Hall–Kier alpha value is -1.49. The number of hydrogen-bond donors (Lipinski definition) is 2. The van der Waals surface area contributed by atoms with Crippen molar-refractivity contribution in [3.63, 3.8) is 0 Å². The number of hydrogen-bond acceptors (Lipinski definition) is 3. The van der Waals surface area contributed by atoms with Crippen molar-refractivity contribution < 1.29 is 14.7 Å². The largest absolute Gasteiger partial charge is 0.478 e. The molecule has 1 rings (SSSR count). The summed E-state index contributed by atoms with van der Waals surface area (Å²) in [5.74, 6) is -0.157. The molecule has 1 aromatic rings. The lowest BCUT2D eigenvalue weighted by molar-refractivity contribution is 0.0696. The molecule has 0 heterocycles. The summed E-state index contributed by atoms with van der Waals surface area (Å²) in [5.41, 5.74) is 0.665. The summed E-state index contributed by atoms with van der Waals surface area (Å²) in [5, 5.41) is 11.6. The molecule has 1 atom stereocenters. The zero-order chi connectivity index (χ0) is 13.5. The van der Waals surface area contributed by atoms with Crippen LogP contribution in [-0.2, 0) is 0 Å². The predicted molar refractivity (Wildman–Crippen MR) is 73.3 cm³/mol.